The molecule has 0 saturated carbocycles. The number of ketones is 1. The Labute approximate surface area is 108 Å². The molecule has 1 saturated heterocycles. The van der Waals surface area contributed by atoms with E-state index in [-0.39, 0.29) is 11.6 Å². The summed E-state index contributed by atoms with van der Waals surface area (Å²) in [5.74, 6) is 0.264. The fourth-order valence-electron chi connectivity index (χ4n) is 2.62. The summed E-state index contributed by atoms with van der Waals surface area (Å²) in [5, 5.41) is 0. The molecule has 0 spiro atoms. The Hall–Kier alpha value is -1.38. The fourth-order valence-corrected chi connectivity index (χ4v) is 2.62. The van der Waals surface area contributed by atoms with E-state index in [1.165, 1.54) is 19.4 Å². The molecule has 1 aliphatic rings. The highest BCUT2D eigenvalue weighted by Gasteiger charge is 2.21. The highest BCUT2D eigenvalue weighted by Crippen LogP contribution is 2.29. The first-order chi connectivity index (χ1) is 8.49. The minimum Gasteiger partial charge on any atom is -0.371 e. The quantitative estimate of drug-likeness (QED) is 0.747. The third kappa shape index (κ3) is 2.55. The van der Waals surface area contributed by atoms with Gasteiger partial charge in [0.05, 0.1) is 0 Å². The summed E-state index contributed by atoms with van der Waals surface area (Å²) in [6.07, 6.45) is 2.36. The first kappa shape index (κ1) is 13.1. The van der Waals surface area contributed by atoms with Gasteiger partial charge in [0.25, 0.3) is 0 Å². The van der Waals surface area contributed by atoms with Gasteiger partial charge in [0.2, 0.25) is 0 Å². The maximum Gasteiger partial charge on any atom is 0.161 e. The number of carbonyl (C=O) groups is 1. The van der Waals surface area contributed by atoms with E-state index < -0.39 is 0 Å². The van der Waals surface area contributed by atoms with Crippen molar-refractivity contribution in [2.24, 2.45) is 5.92 Å². The van der Waals surface area contributed by atoms with Gasteiger partial charge in [0, 0.05) is 24.3 Å². The third-order valence-corrected chi connectivity index (χ3v) is 3.65. The normalized spacial score (nSPS) is 20.0. The predicted octanol–water partition coefficient (Wildman–Crippen LogP) is 3.57. The van der Waals surface area contributed by atoms with Gasteiger partial charge in [-0.3, -0.25) is 4.79 Å². The Kier molecular flexibility index (Phi) is 3.69. The van der Waals surface area contributed by atoms with Gasteiger partial charge in [-0.25, -0.2) is 4.39 Å². The van der Waals surface area contributed by atoms with Crippen molar-refractivity contribution in [3.63, 3.8) is 0 Å². The second kappa shape index (κ2) is 5.09. The van der Waals surface area contributed by atoms with Crippen molar-refractivity contribution in [2.75, 3.05) is 18.0 Å². The van der Waals surface area contributed by atoms with Crippen molar-refractivity contribution in [3.05, 3.63) is 29.1 Å². The molecular formula is C15H20FNO. The standard InChI is InChI=1S/C15H20FNO/c1-10-5-4-6-17(9-10)15-7-11(2)14(16)8-13(15)12(3)18/h7-8,10H,4-6,9H2,1-3H3. The van der Waals surface area contributed by atoms with Crippen LogP contribution < -0.4 is 4.90 Å². The topological polar surface area (TPSA) is 20.3 Å². The molecule has 1 fully saturated rings. The minimum absolute atomic E-state index is 0.0675. The van der Waals surface area contributed by atoms with Crippen molar-refractivity contribution in [2.45, 2.75) is 33.6 Å². The largest absolute Gasteiger partial charge is 0.371 e. The van der Waals surface area contributed by atoms with Crippen molar-refractivity contribution >= 4 is 11.5 Å². The molecule has 98 valence electrons. The highest BCUT2D eigenvalue weighted by atomic mass is 19.1. The monoisotopic (exact) mass is 249 g/mol. The Morgan fingerprint density at radius 1 is 1.44 bits per heavy atom. The number of hydrogen-bond acceptors (Lipinski definition) is 2. The van der Waals surface area contributed by atoms with E-state index in [1.807, 2.05) is 6.07 Å². The number of aryl methyl sites for hydroxylation is 1. The number of hydrogen-bond donors (Lipinski definition) is 0. The molecule has 0 bridgehead atoms. The van der Waals surface area contributed by atoms with E-state index >= 15 is 0 Å². The van der Waals surface area contributed by atoms with Gasteiger partial charge >= 0.3 is 0 Å². The summed E-state index contributed by atoms with van der Waals surface area (Å²) in [4.78, 5) is 13.9. The summed E-state index contributed by atoms with van der Waals surface area (Å²) < 4.78 is 13.6. The molecule has 1 heterocycles. The molecule has 1 aromatic rings. The average Bonchev–Trinajstić information content (AvgIpc) is 2.31. The van der Waals surface area contributed by atoms with Crippen LogP contribution in [0, 0.1) is 18.7 Å². The summed E-state index contributed by atoms with van der Waals surface area (Å²) in [6.45, 7) is 7.37. The zero-order chi connectivity index (χ0) is 13.3. The summed E-state index contributed by atoms with van der Waals surface area (Å²) in [7, 11) is 0. The van der Waals surface area contributed by atoms with Crippen LogP contribution in [0.5, 0.6) is 0 Å². The molecule has 2 rings (SSSR count). The zero-order valence-corrected chi connectivity index (χ0v) is 11.3. The lowest BCUT2D eigenvalue weighted by molar-refractivity contribution is 0.101. The number of rotatable bonds is 2. The van der Waals surface area contributed by atoms with Gasteiger partial charge in [0.1, 0.15) is 5.82 Å². The first-order valence-electron chi connectivity index (χ1n) is 6.55. The summed E-state index contributed by atoms with van der Waals surface area (Å²) in [5.41, 5.74) is 2.01. The Morgan fingerprint density at radius 3 is 2.78 bits per heavy atom. The highest BCUT2D eigenvalue weighted by molar-refractivity contribution is 6.00. The van der Waals surface area contributed by atoms with Gasteiger partial charge in [-0.15, -0.1) is 0 Å². The molecule has 1 atom stereocenters. The van der Waals surface area contributed by atoms with Crippen LogP contribution >= 0.6 is 0 Å². The Balaban J connectivity index is 2.41. The summed E-state index contributed by atoms with van der Waals surface area (Å²) >= 11 is 0. The molecule has 1 unspecified atom stereocenters. The lowest BCUT2D eigenvalue weighted by atomic mass is 9.97. The van der Waals surface area contributed by atoms with Crippen LogP contribution in [0.3, 0.4) is 0 Å². The molecule has 18 heavy (non-hydrogen) atoms. The molecule has 0 aromatic heterocycles. The van der Waals surface area contributed by atoms with Crippen LogP contribution in [0.2, 0.25) is 0 Å². The van der Waals surface area contributed by atoms with Crippen molar-refractivity contribution in [1.29, 1.82) is 0 Å². The van der Waals surface area contributed by atoms with Crippen molar-refractivity contribution in [3.8, 4) is 0 Å². The van der Waals surface area contributed by atoms with Gasteiger partial charge in [-0.1, -0.05) is 6.92 Å². The molecule has 0 N–H and O–H groups in total. The van der Waals surface area contributed by atoms with Gasteiger partial charge < -0.3 is 4.90 Å². The Bertz CT molecular complexity index is 470. The zero-order valence-electron chi connectivity index (χ0n) is 11.3. The molecule has 0 aliphatic carbocycles. The van der Waals surface area contributed by atoms with E-state index in [2.05, 4.69) is 11.8 Å². The summed E-state index contributed by atoms with van der Waals surface area (Å²) in [6, 6.07) is 3.19. The molecule has 1 aromatic carbocycles. The van der Waals surface area contributed by atoms with Crippen molar-refractivity contribution in [1.82, 2.24) is 0 Å². The van der Waals surface area contributed by atoms with E-state index in [0.29, 0.717) is 17.0 Å². The fraction of sp³-hybridized carbons (Fsp3) is 0.533. The van der Waals surface area contributed by atoms with Crippen LogP contribution in [-0.2, 0) is 0 Å². The average molecular weight is 249 g/mol. The van der Waals surface area contributed by atoms with Crippen LogP contribution in [-0.4, -0.2) is 18.9 Å². The smallest absolute Gasteiger partial charge is 0.161 e. The van der Waals surface area contributed by atoms with Crippen LogP contribution in [0.1, 0.15) is 42.6 Å². The number of benzene rings is 1. The molecular weight excluding hydrogens is 229 g/mol. The number of Topliss-reactive ketones (excluding diaryl/α,β-unsaturated/α-hetero) is 1. The van der Waals surface area contributed by atoms with E-state index in [1.54, 1.807) is 6.92 Å². The SMILES string of the molecule is CC(=O)c1cc(F)c(C)cc1N1CCCC(C)C1. The minimum atomic E-state index is -0.297. The molecule has 3 heteroatoms. The van der Waals surface area contributed by atoms with Gasteiger partial charge in [-0.05, 0) is 50.3 Å². The first-order valence-corrected chi connectivity index (χ1v) is 6.55. The van der Waals surface area contributed by atoms with Gasteiger partial charge in [-0.2, -0.15) is 0 Å². The maximum atomic E-state index is 13.6. The molecule has 1 aliphatic heterocycles. The van der Waals surface area contributed by atoms with Crippen molar-refractivity contribution < 1.29 is 9.18 Å². The lowest BCUT2D eigenvalue weighted by Crippen LogP contribution is -2.35. The van der Waals surface area contributed by atoms with E-state index in [0.717, 1.165) is 25.2 Å². The Morgan fingerprint density at radius 2 is 2.17 bits per heavy atom. The number of nitrogens with zero attached hydrogens (tertiary/aromatic N) is 1. The van der Waals surface area contributed by atoms with E-state index in [4.69, 9.17) is 0 Å². The molecule has 2 nitrogen and oxygen atoms in total. The molecule has 0 radical (unpaired) electrons. The third-order valence-electron chi connectivity index (χ3n) is 3.65. The number of halogens is 1. The number of anilines is 1. The maximum absolute atomic E-state index is 13.6. The number of carbonyl (C=O) groups excluding carboxylic acids is 1. The second-order valence-corrected chi connectivity index (χ2v) is 5.37. The van der Waals surface area contributed by atoms with Crippen LogP contribution in [0.25, 0.3) is 0 Å². The number of piperidine rings is 1. The van der Waals surface area contributed by atoms with Crippen LogP contribution in [0.15, 0.2) is 12.1 Å². The van der Waals surface area contributed by atoms with Gasteiger partial charge in [0.15, 0.2) is 5.78 Å². The molecule has 0 amide bonds. The second-order valence-electron chi connectivity index (χ2n) is 5.37. The predicted molar refractivity (Wildman–Crippen MR) is 71.8 cm³/mol. The lowest BCUT2D eigenvalue weighted by Gasteiger charge is -2.34. The van der Waals surface area contributed by atoms with E-state index in [9.17, 15) is 9.18 Å². The van der Waals surface area contributed by atoms with Crippen LogP contribution in [0.4, 0.5) is 10.1 Å².